The third-order valence-corrected chi connectivity index (χ3v) is 6.81. The Morgan fingerprint density at radius 2 is 2.00 bits per heavy atom. The molecule has 1 saturated heterocycles. The number of hydrogen-bond acceptors (Lipinski definition) is 5. The molecule has 2 aromatic heterocycles. The molecule has 2 amide bonds. The molecule has 0 radical (unpaired) electrons. The predicted molar refractivity (Wildman–Crippen MR) is 101 cm³/mol. The van der Waals surface area contributed by atoms with E-state index in [1.807, 2.05) is 22.7 Å². The van der Waals surface area contributed by atoms with E-state index in [4.69, 9.17) is 0 Å². The predicted octanol–water partition coefficient (Wildman–Crippen LogP) is 1.89. The average molecular weight is 385 g/mol. The summed E-state index contributed by atoms with van der Waals surface area (Å²) in [6.07, 6.45) is 7.92. The second kappa shape index (κ2) is 6.44. The molecule has 2 aliphatic carbocycles. The summed E-state index contributed by atoms with van der Waals surface area (Å²) >= 11 is 1.59. The minimum absolute atomic E-state index is 0.000314. The van der Waals surface area contributed by atoms with Crippen LogP contribution in [0, 0.1) is 5.92 Å². The molecule has 0 bridgehead atoms. The van der Waals surface area contributed by atoms with Gasteiger partial charge in [0.15, 0.2) is 0 Å². The van der Waals surface area contributed by atoms with Crippen LogP contribution < -0.4 is 5.32 Å². The number of aryl methyl sites for hydroxylation is 1. The minimum atomic E-state index is -0.105. The van der Waals surface area contributed by atoms with Crippen LogP contribution in [0.2, 0.25) is 0 Å². The van der Waals surface area contributed by atoms with Gasteiger partial charge in [-0.2, -0.15) is 0 Å². The van der Waals surface area contributed by atoms with Crippen LogP contribution in [0.5, 0.6) is 0 Å². The van der Waals surface area contributed by atoms with Crippen LogP contribution in [0.3, 0.4) is 0 Å². The van der Waals surface area contributed by atoms with Gasteiger partial charge in [-0.25, -0.2) is 9.97 Å². The highest BCUT2D eigenvalue weighted by atomic mass is 32.1. The summed E-state index contributed by atoms with van der Waals surface area (Å²) in [6.45, 7) is 1.07. The van der Waals surface area contributed by atoms with Gasteiger partial charge in [0.1, 0.15) is 11.5 Å². The lowest BCUT2D eigenvalue weighted by molar-refractivity contribution is -0.123. The third kappa shape index (κ3) is 3.16. The quantitative estimate of drug-likeness (QED) is 0.852. The Labute approximate surface area is 161 Å². The molecule has 0 spiro atoms. The van der Waals surface area contributed by atoms with Gasteiger partial charge in [0, 0.05) is 43.3 Å². The molecule has 1 aliphatic heterocycles. The van der Waals surface area contributed by atoms with E-state index in [9.17, 15) is 9.59 Å². The number of carbonyl (C=O) groups excluding carboxylic acids is 2. The van der Waals surface area contributed by atoms with Crippen LogP contribution in [0.1, 0.15) is 58.7 Å². The van der Waals surface area contributed by atoms with Crippen LogP contribution in [0.4, 0.5) is 0 Å². The molecule has 7 nitrogen and oxygen atoms in total. The molecule has 1 N–H and O–H groups in total. The van der Waals surface area contributed by atoms with E-state index in [2.05, 4.69) is 15.3 Å². The highest BCUT2D eigenvalue weighted by Gasteiger charge is 2.42. The molecule has 27 heavy (non-hydrogen) atoms. The van der Waals surface area contributed by atoms with Gasteiger partial charge < -0.3 is 14.8 Å². The molecule has 3 fully saturated rings. The number of likely N-dealkylation sites (tertiary alicyclic amines) is 1. The number of amides is 2. The van der Waals surface area contributed by atoms with Gasteiger partial charge in [-0.15, -0.1) is 11.3 Å². The maximum Gasteiger partial charge on any atom is 0.273 e. The van der Waals surface area contributed by atoms with Gasteiger partial charge in [0.2, 0.25) is 5.91 Å². The minimum Gasteiger partial charge on any atom is -0.351 e. The summed E-state index contributed by atoms with van der Waals surface area (Å²) in [4.78, 5) is 37.4. The lowest BCUT2D eigenvalue weighted by atomic mass is 10.0. The van der Waals surface area contributed by atoms with Crippen molar-refractivity contribution in [3.05, 3.63) is 34.3 Å². The highest BCUT2D eigenvalue weighted by Crippen LogP contribution is 2.44. The normalized spacial score (nSPS) is 25.0. The lowest BCUT2D eigenvalue weighted by Gasteiger charge is -2.19. The first-order valence-corrected chi connectivity index (χ1v) is 10.5. The first-order valence-electron chi connectivity index (χ1n) is 9.62. The Morgan fingerprint density at radius 3 is 2.67 bits per heavy atom. The molecule has 5 rings (SSSR count). The molecular weight excluding hydrogens is 362 g/mol. The molecule has 0 unspecified atom stereocenters. The number of nitrogens with zero attached hydrogens (tertiary/aromatic N) is 4. The third-order valence-electron chi connectivity index (χ3n) is 5.82. The Hall–Kier alpha value is -2.22. The van der Waals surface area contributed by atoms with Crippen LogP contribution in [0.15, 0.2) is 17.9 Å². The number of rotatable bonds is 5. The zero-order valence-electron chi connectivity index (χ0n) is 15.3. The van der Waals surface area contributed by atoms with Crippen molar-refractivity contribution in [1.29, 1.82) is 0 Å². The van der Waals surface area contributed by atoms with Crippen LogP contribution >= 0.6 is 11.3 Å². The number of carbonyl (C=O) groups is 2. The summed E-state index contributed by atoms with van der Waals surface area (Å²) in [5.74, 6) is 1.67. The Morgan fingerprint density at radius 1 is 1.19 bits per heavy atom. The lowest BCUT2D eigenvalue weighted by Crippen LogP contribution is -2.41. The van der Waals surface area contributed by atoms with E-state index < -0.39 is 0 Å². The number of nitrogens with one attached hydrogen (secondary N) is 1. The standard InChI is InChI=1S/C19H23N5O2S/c1-23-7-6-20-17(23)13-8-24(9-14(13)22-18(25)12-4-5-12)19(26)15-16(11-2-3-11)27-10-21-15/h6-7,10-14H,2-5,8-9H2,1H3,(H,22,25)/t13-,14-/m1/s1. The van der Waals surface area contributed by atoms with Gasteiger partial charge in [0.05, 0.1) is 17.5 Å². The fourth-order valence-corrected chi connectivity index (χ4v) is 4.91. The van der Waals surface area contributed by atoms with E-state index in [0.717, 1.165) is 36.4 Å². The van der Waals surface area contributed by atoms with E-state index >= 15 is 0 Å². The summed E-state index contributed by atoms with van der Waals surface area (Å²) in [6, 6.07) is -0.105. The molecule has 2 saturated carbocycles. The van der Waals surface area contributed by atoms with Gasteiger partial charge in [-0.05, 0) is 31.6 Å². The maximum atomic E-state index is 13.2. The molecule has 3 aliphatic rings. The van der Waals surface area contributed by atoms with Crippen molar-refractivity contribution in [2.75, 3.05) is 13.1 Å². The maximum absolute atomic E-state index is 13.2. The van der Waals surface area contributed by atoms with E-state index in [0.29, 0.717) is 24.7 Å². The fraction of sp³-hybridized carbons (Fsp3) is 0.579. The van der Waals surface area contributed by atoms with Crippen LogP contribution in [-0.2, 0) is 11.8 Å². The molecule has 2 aromatic rings. The second-order valence-electron chi connectivity index (χ2n) is 7.94. The first-order chi connectivity index (χ1) is 13.1. The van der Waals surface area contributed by atoms with E-state index in [-0.39, 0.29) is 29.7 Å². The second-order valence-corrected chi connectivity index (χ2v) is 8.83. The van der Waals surface area contributed by atoms with Gasteiger partial charge in [-0.3, -0.25) is 9.59 Å². The largest absolute Gasteiger partial charge is 0.351 e. The van der Waals surface area contributed by atoms with Crippen LogP contribution in [0.25, 0.3) is 0 Å². The number of aromatic nitrogens is 3. The van der Waals surface area contributed by atoms with E-state index in [1.165, 1.54) is 0 Å². The average Bonchev–Trinajstić information content (AvgIpc) is 3.56. The highest BCUT2D eigenvalue weighted by molar-refractivity contribution is 7.10. The van der Waals surface area contributed by atoms with Crippen molar-refractivity contribution >= 4 is 23.2 Å². The van der Waals surface area contributed by atoms with Crippen molar-refractivity contribution in [2.45, 2.75) is 43.6 Å². The van der Waals surface area contributed by atoms with Crippen molar-refractivity contribution in [3.8, 4) is 0 Å². The molecule has 2 atom stereocenters. The first kappa shape index (κ1) is 16.9. The summed E-state index contributed by atoms with van der Waals surface area (Å²) < 4.78 is 1.98. The van der Waals surface area contributed by atoms with Gasteiger partial charge in [0.25, 0.3) is 5.91 Å². The molecule has 8 heteroatoms. The monoisotopic (exact) mass is 385 g/mol. The van der Waals surface area contributed by atoms with Gasteiger partial charge >= 0.3 is 0 Å². The summed E-state index contributed by atoms with van der Waals surface area (Å²) in [5, 5.41) is 3.18. The SMILES string of the molecule is Cn1ccnc1[C@@H]1CN(C(=O)c2ncsc2C2CC2)C[C@H]1NC(=O)C1CC1. The Kier molecular flexibility index (Phi) is 4.03. The number of thiazole rings is 1. The van der Waals surface area contributed by atoms with Crippen LogP contribution in [-0.4, -0.2) is 50.4 Å². The van der Waals surface area contributed by atoms with Gasteiger partial charge in [-0.1, -0.05) is 0 Å². The van der Waals surface area contributed by atoms with Crippen molar-refractivity contribution in [1.82, 2.24) is 24.8 Å². The summed E-state index contributed by atoms with van der Waals surface area (Å²) in [5.41, 5.74) is 2.38. The smallest absolute Gasteiger partial charge is 0.273 e. The fourth-order valence-electron chi connectivity index (χ4n) is 3.96. The van der Waals surface area contributed by atoms with Crippen molar-refractivity contribution in [3.63, 3.8) is 0 Å². The zero-order chi connectivity index (χ0) is 18.5. The molecule has 3 heterocycles. The Bertz CT molecular complexity index is 882. The molecular formula is C19H23N5O2S. The number of hydrogen-bond donors (Lipinski definition) is 1. The topological polar surface area (TPSA) is 80.1 Å². The van der Waals surface area contributed by atoms with Crippen molar-refractivity contribution < 1.29 is 9.59 Å². The zero-order valence-corrected chi connectivity index (χ0v) is 16.1. The van der Waals surface area contributed by atoms with E-state index in [1.54, 1.807) is 23.0 Å². The number of imidazole rings is 1. The van der Waals surface area contributed by atoms with Crippen molar-refractivity contribution in [2.24, 2.45) is 13.0 Å². The Balaban J connectivity index is 1.39. The summed E-state index contributed by atoms with van der Waals surface area (Å²) in [7, 11) is 1.96. The molecule has 142 valence electrons. The molecule has 0 aromatic carbocycles.